The zero-order valence-corrected chi connectivity index (χ0v) is 22.0. The Balaban J connectivity index is 2.03. The monoisotopic (exact) mass is 536 g/mol. The zero-order chi connectivity index (χ0) is 25.2. The van der Waals surface area contributed by atoms with Gasteiger partial charge in [0.1, 0.15) is 11.4 Å². The molecule has 0 aliphatic heterocycles. The van der Waals surface area contributed by atoms with Crippen molar-refractivity contribution in [2.75, 3.05) is 27.7 Å². The summed E-state index contributed by atoms with van der Waals surface area (Å²) in [6.45, 7) is 2.62. The molecule has 1 aromatic heterocycles. The van der Waals surface area contributed by atoms with Crippen LogP contribution in [0.4, 0.5) is 4.39 Å². The lowest BCUT2D eigenvalue weighted by molar-refractivity contribution is 0.00354. The van der Waals surface area contributed by atoms with Crippen LogP contribution in [-0.2, 0) is 5.60 Å². The van der Waals surface area contributed by atoms with Gasteiger partial charge < -0.3 is 14.7 Å². The van der Waals surface area contributed by atoms with Crippen LogP contribution in [0.25, 0.3) is 10.9 Å². The molecule has 0 radical (unpaired) electrons. The summed E-state index contributed by atoms with van der Waals surface area (Å²) in [7, 11) is 5.51. The summed E-state index contributed by atoms with van der Waals surface area (Å²) in [6.07, 6.45) is 0.377. The average Bonchev–Trinajstić information content (AvgIpc) is 2.84. The van der Waals surface area contributed by atoms with E-state index in [1.165, 1.54) is 12.1 Å². The number of methoxy groups -OCH3 is 1. The number of benzene rings is 3. The summed E-state index contributed by atoms with van der Waals surface area (Å²) in [4.78, 5) is 6.84. The van der Waals surface area contributed by atoms with Crippen molar-refractivity contribution in [2.45, 2.75) is 24.9 Å². The third-order valence-electron chi connectivity index (χ3n) is 6.47. The predicted molar refractivity (Wildman–Crippen MR) is 142 cm³/mol. The molecule has 0 aliphatic carbocycles. The quantitative estimate of drug-likeness (QED) is 0.282. The molecule has 0 bridgehead atoms. The maximum absolute atomic E-state index is 14.4. The summed E-state index contributed by atoms with van der Waals surface area (Å²) in [6, 6.07) is 22.1. The van der Waals surface area contributed by atoms with Gasteiger partial charge in [0.05, 0.1) is 12.6 Å². The molecule has 0 amide bonds. The van der Waals surface area contributed by atoms with Crippen LogP contribution in [0.2, 0.25) is 0 Å². The molecule has 4 nitrogen and oxygen atoms in total. The highest BCUT2D eigenvalue weighted by atomic mass is 79.9. The highest BCUT2D eigenvalue weighted by molar-refractivity contribution is 9.10. The number of hydrogen-bond donors (Lipinski definition) is 1. The van der Waals surface area contributed by atoms with Crippen LogP contribution >= 0.6 is 15.9 Å². The van der Waals surface area contributed by atoms with Crippen molar-refractivity contribution in [2.24, 2.45) is 0 Å². The number of aromatic nitrogens is 1. The molecule has 2 unspecified atom stereocenters. The molecular weight excluding hydrogens is 507 g/mol. The largest absolute Gasteiger partial charge is 0.481 e. The number of nitrogens with zero attached hydrogens (tertiary/aromatic N) is 2. The highest BCUT2D eigenvalue weighted by Gasteiger charge is 2.42. The van der Waals surface area contributed by atoms with Crippen molar-refractivity contribution in [1.29, 1.82) is 0 Å². The minimum atomic E-state index is -1.43. The van der Waals surface area contributed by atoms with Gasteiger partial charge >= 0.3 is 0 Å². The van der Waals surface area contributed by atoms with Crippen LogP contribution in [0, 0.1) is 12.7 Å². The Morgan fingerprint density at radius 1 is 1.06 bits per heavy atom. The van der Waals surface area contributed by atoms with E-state index in [-0.39, 0.29) is 5.82 Å². The van der Waals surface area contributed by atoms with E-state index in [4.69, 9.17) is 9.72 Å². The van der Waals surface area contributed by atoms with Crippen LogP contribution in [0.3, 0.4) is 0 Å². The molecule has 4 aromatic rings. The van der Waals surface area contributed by atoms with Crippen molar-refractivity contribution in [3.8, 4) is 5.88 Å². The number of aliphatic hydroxyl groups is 1. The molecule has 6 heteroatoms. The lowest BCUT2D eigenvalue weighted by Crippen LogP contribution is -2.38. The first-order valence-corrected chi connectivity index (χ1v) is 12.3. The molecule has 4 rings (SSSR count). The molecule has 1 heterocycles. The molecule has 0 spiro atoms. The van der Waals surface area contributed by atoms with E-state index in [0.717, 1.165) is 32.1 Å². The average molecular weight is 537 g/mol. The number of aryl methyl sites for hydroxylation is 1. The van der Waals surface area contributed by atoms with Gasteiger partial charge in [-0.15, -0.1) is 0 Å². The SMILES string of the molecule is COc1nc2cc(C)c(Br)cc2cc1C(c1ccccc1)C(O)(CCN(C)C)c1cccc(F)c1. The van der Waals surface area contributed by atoms with Crippen molar-refractivity contribution in [1.82, 2.24) is 9.88 Å². The minimum absolute atomic E-state index is 0.377. The molecule has 0 aliphatic rings. The molecule has 182 valence electrons. The fraction of sp³-hybridized carbons (Fsp3) is 0.276. The van der Waals surface area contributed by atoms with Crippen LogP contribution in [-0.4, -0.2) is 42.7 Å². The van der Waals surface area contributed by atoms with E-state index in [2.05, 4.69) is 15.9 Å². The summed E-state index contributed by atoms with van der Waals surface area (Å²) in [5.41, 5.74) is 2.59. The Bertz CT molecular complexity index is 1330. The molecule has 35 heavy (non-hydrogen) atoms. The van der Waals surface area contributed by atoms with Crippen LogP contribution < -0.4 is 4.74 Å². The van der Waals surface area contributed by atoms with E-state index in [9.17, 15) is 9.50 Å². The molecule has 0 fully saturated rings. The Hall–Kier alpha value is -2.80. The van der Waals surface area contributed by atoms with Gasteiger partial charge in [-0.25, -0.2) is 9.37 Å². The van der Waals surface area contributed by atoms with Crippen molar-refractivity contribution >= 4 is 26.8 Å². The van der Waals surface area contributed by atoms with Gasteiger partial charge in [0, 0.05) is 27.9 Å². The molecule has 3 aromatic carbocycles. The lowest BCUT2D eigenvalue weighted by Gasteiger charge is -2.39. The Kier molecular flexibility index (Phi) is 7.55. The lowest BCUT2D eigenvalue weighted by atomic mass is 9.71. The van der Waals surface area contributed by atoms with Crippen molar-refractivity contribution in [3.63, 3.8) is 0 Å². The first kappa shape index (κ1) is 25.3. The summed E-state index contributed by atoms with van der Waals surface area (Å²) in [5.74, 6) is -0.509. The number of pyridine rings is 1. The number of rotatable bonds is 8. The smallest absolute Gasteiger partial charge is 0.217 e. The van der Waals surface area contributed by atoms with E-state index < -0.39 is 11.5 Å². The number of fused-ring (bicyclic) bond motifs is 1. The second kappa shape index (κ2) is 10.4. The van der Waals surface area contributed by atoms with Gasteiger partial charge in [-0.3, -0.25) is 0 Å². The summed E-state index contributed by atoms with van der Waals surface area (Å²) >= 11 is 3.63. The Labute approximate surface area is 214 Å². The first-order valence-electron chi connectivity index (χ1n) is 11.6. The third-order valence-corrected chi connectivity index (χ3v) is 7.32. The Morgan fingerprint density at radius 3 is 2.46 bits per heavy atom. The van der Waals surface area contributed by atoms with Gasteiger partial charge in [0.2, 0.25) is 5.88 Å². The van der Waals surface area contributed by atoms with Crippen molar-refractivity contribution in [3.05, 3.63) is 105 Å². The normalized spacial score (nSPS) is 14.2. The van der Waals surface area contributed by atoms with E-state index in [1.807, 2.05) is 74.4 Å². The second-order valence-corrected chi connectivity index (χ2v) is 10.1. The van der Waals surface area contributed by atoms with Gasteiger partial charge in [-0.1, -0.05) is 58.4 Å². The fourth-order valence-electron chi connectivity index (χ4n) is 4.63. The summed E-state index contributed by atoms with van der Waals surface area (Å²) in [5, 5.41) is 13.5. The molecule has 2 atom stereocenters. The zero-order valence-electron chi connectivity index (χ0n) is 20.4. The molecule has 0 saturated heterocycles. The fourth-order valence-corrected chi connectivity index (χ4v) is 4.99. The van der Waals surface area contributed by atoms with Gasteiger partial charge in [0.15, 0.2) is 0 Å². The summed E-state index contributed by atoms with van der Waals surface area (Å²) < 4.78 is 21.2. The Morgan fingerprint density at radius 2 is 1.80 bits per heavy atom. The van der Waals surface area contributed by atoms with Crippen LogP contribution in [0.1, 0.15) is 34.6 Å². The maximum Gasteiger partial charge on any atom is 0.217 e. The number of hydrogen-bond acceptors (Lipinski definition) is 4. The van der Waals surface area contributed by atoms with Gasteiger partial charge in [0.25, 0.3) is 0 Å². The first-order chi connectivity index (χ1) is 16.7. The molecule has 0 saturated carbocycles. The minimum Gasteiger partial charge on any atom is -0.481 e. The standard InChI is InChI=1S/C29H30BrFN2O2/c1-19-15-26-21(17-25(19)30)16-24(28(32-26)35-4)27(20-9-6-5-7-10-20)29(34,13-14-33(2)3)22-11-8-12-23(31)18-22/h5-12,15-18,27,34H,13-14H2,1-4H3. The highest BCUT2D eigenvalue weighted by Crippen LogP contribution is 2.47. The third kappa shape index (κ3) is 5.25. The van der Waals surface area contributed by atoms with Crippen LogP contribution in [0.5, 0.6) is 5.88 Å². The van der Waals surface area contributed by atoms with Gasteiger partial charge in [-0.05, 0) is 74.5 Å². The van der Waals surface area contributed by atoms with E-state index in [1.54, 1.807) is 19.2 Å². The number of ether oxygens (including phenoxy) is 1. The number of halogens is 2. The molecular formula is C29H30BrFN2O2. The van der Waals surface area contributed by atoms with E-state index in [0.29, 0.717) is 24.4 Å². The van der Waals surface area contributed by atoms with Crippen molar-refractivity contribution < 1.29 is 14.2 Å². The predicted octanol–water partition coefficient (Wildman–Crippen LogP) is 6.42. The van der Waals surface area contributed by atoms with E-state index >= 15 is 0 Å². The van der Waals surface area contributed by atoms with Gasteiger partial charge in [-0.2, -0.15) is 0 Å². The second-order valence-electron chi connectivity index (χ2n) is 9.21. The molecule has 1 N–H and O–H groups in total. The van der Waals surface area contributed by atoms with Crippen LogP contribution in [0.15, 0.2) is 77.3 Å². The maximum atomic E-state index is 14.4. The topological polar surface area (TPSA) is 45.6 Å².